The number of benzene rings is 4. The van der Waals surface area contributed by atoms with Crippen LogP contribution in [0.5, 0.6) is 11.5 Å². The number of alkyl halides is 1. The lowest BCUT2D eigenvalue weighted by Crippen LogP contribution is -2.11. The summed E-state index contributed by atoms with van der Waals surface area (Å²) < 4.78 is 25.2. The van der Waals surface area contributed by atoms with Crippen molar-refractivity contribution in [2.75, 3.05) is 6.67 Å². The highest BCUT2D eigenvalue weighted by Gasteiger charge is 2.25. The smallest absolute Gasteiger partial charge is 0.119 e. The molecule has 0 amide bonds. The summed E-state index contributed by atoms with van der Waals surface area (Å²) in [6.07, 6.45) is 0.273. The van der Waals surface area contributed by atoms with Gasteiger partial charge in [0, 0.05) is 5.92 Å². The van der Waals surface area contributed by atoms with Crippen LogP contribution in [0.4, 0.5) is 4.39 Å². The summed E-state index contributed by atoms with van der Waals surface area (Å²) in [7, 11) is 0. The highest BCUT2D eigenvalue weighted by atomic mass is 19.1. The summed E-state index contributed by atoms with van der Waals surface area (Å²) in [5, 5.41) is 10.00. The molecule has 0 bridgehead atoms. The predicted octanol–water partition coefficient (Wildman–Crippen LogP) is 7.60. The summed E-state index contributed by atoms with van der Waals surface area (Å²) >= 11 is 0. The molecule has 0 fully saturated rings. The van der Waals surface area contributed by atoms with Crippen LogP contribution in [0.3, 0.4) is 0 Å². The van der Waals surface area contributed by atoms with E-state index in [1.807, 2.05) is 109 Å². The van der Waals surface area contributed by atoms with Gasteiger partial charge in [0.05, 0.1) is 18.7 Å². The van der Waals surface area contributed by atoms with Crippen LogP contribution >= 0.6 is 0 Å². The molecule has 0 aliphatic heterocycles. The van der Waals surface area contributed by atoms with Gasteiger partial charge in [-0.3, -0.25) is 4.39 Å². The third-order valence-corrected chi connectivity index (χ3v) is 6.01. The van der Waals surface area contributed by atoms with Crippen LogP contribution < -0.4 is 9.47 Å². The summed E-state index contributed by atoms with van der Waals surface area (Å²) in [6, 6.07) is 37.5. The molecule has 4 heteroatoms. The molecule has 0 saturated carbocycles. The van der Waals surface area contributed by atoms with Crippen LogP contribution in [-0.2, 0) is 13.2 Å². The largest absolute Gasteiger partial charge is 0.489 e. The van der Waals surface area contributed by atoms with E-state index in [-0.39, 0.29) is 12.3 Å². The van der Waals surface area contributed by atoms with Crippen LogP contribution in [0.15, 0.2) is 109 Å². The van der Waals surface area contributed by atoms with E-state index < -0.39 is 12.6 Å². The zero-order valence-electron chi connectivity index (χ0n) is 19.5. The predicted molar refractivity (Wildman–Crippen MR) is 136 cm³/mol. The van der Waals surface area contributed by atoms with Gasteiger partial charge in [-0.05, 0) is 52.9 Å². The maximum absolute atomic E-state index is 13.5. The van der Waals surface area contributed by atoms with Crippen molar-refractivity contribution in [1.82, 2.24) is 0 Å². The third-order valence-electron chi connectivity index (χ3n) is 6.01. The van der Waals surface area contributed by atoms with E-state index in [0.29, 0.717) is 13.2 Å². The zero-order chi connectivity index (χ0) is 24.3. The summed E-state index contributed by atoms with van der Waals surface area (Å²) in [6.45, 7) is 0.464. The van der Waals surface area contributed by atoms with Crippen molar-refractivity contribution in [3.8, 4) is 17.6 Å². The van der Waals surface area contributed by atoms with E-state index in [1.165, 1.54) is 0 Å². The second-order valence-electron chi connectivity index (χ2n) is 8.38. The highest BCUT2D eigenvalue weighted by molar-refractivity contribution is 5.38. The average Bonchev–Trinajstić information content (AvgIpc) is 2.93. The number of hydrogen-bond acceptors (Lipinski definition) is 3. The number of halogens is 1. The quantitative estimate of drug-likeness (QED) is 0.229. The van der Waals surface area contributed by atoms with Gasteiger partial charge in [0.2, 0.25) is 0 Å². The Bertz CT molecular complexity index is 1200. The third kappa shape index (κ3) is 6.71. The number of rotatable bonds is 11. The van der Waals surface area contributed by atoms with Gasteiger partial charge in [-0.2, -0.15) is 5.26 Å². The van der Waals surface area contributed by atoms with Crippen molar-refractivity contribution in [3.63, 3.8) is 0 Å². The second-order valence-corrected chi connectivity index (χ2v) is 8.38. The Morgan fingerprint density at radius 2 is 1.09 bits per heavy atom. The number of hydrogen-bond donors (Lipinski definition) is 0. The van der Waals surface area contributed by atoms with Crippen LogP contribution in [0.2, 0.25) is 0 Å². The molecule has 3 nitrogen and oxygen atoms in total. The minimum Gasteiger partial charge on any atom is -0.489 e. The summed E-state index contributed by atoms with van der Waals surface area (Å²) in [4.78, 5) is 0. The molecule has 2 atom stereocenters. The Labute approximate surface area is 206 Å². The van der Waals surface area contributed by atoms with Crippen LogP contribution in [0, 0.1) is 11.3 Å². The first-order chi connectivity index (χ1) is 17.3. The van der Waals surface area contributed by atoms with Gasteiger partial charge in [-0.15, -0.1) is 0 Å². The fraction of sp³-hybridized carbons (Fsp3) is 0.194. The lowest BCUT2D eigenvalue weighted by atomic mass is 9.80. The molecule has 0 heterocycles. The van der Waals surface area contributed by atoms with E-state index in [0.717, 1.165) is 33.8 Å². The van der Waals surface area contributed by atoms with E-state index in [9.17, 15) is 9.65 Å². The van der Waals surface area contributed by atoms with Gasteiger partial charge in [0.25, 0.3) is 0 Å². The standard InChI is InChI=1S/C31H28FNO2/c32-20-19-30(26-11-15-28(16-12-26)34-22-24-7-3-1-4-8-24)31(21-33)27-13-17-29(18-14-27)35-23-25-9-5-2-6-10-25/h1-18,30-31H,19-20,22-23H2/t30-,31+/m0/s1. The molecule has 0 unspecified atom stereocenters. The monoisotopic (exact) mass is 465 g/mol. The Kier molecular flexibility index (Phi) is 8.51. The molecule has 35 heavy (non-hydrogen) atoms. The van der Waals surface area contributed by atoms with E-state index >= 15 is 0 Å². The normalized spacial score (nSPS) is 12.3. The first-order valence-electron chi connectivity index (χ1n) is 11.8. The Hall–Kier alpha value is -4.10. The molecular formula is C31H28FNO2. The van der Waals surface area contributed by atoms with Crippen molar-refractivity contribution in [3.05, 3.63) is 131 Å². The topological polar surface area (TPSA) is 42.2 Å². The molecular weight excluding hydrogens is 437 g/mol. The van der Waals surface area contributed by atoms with Gasteiger partial charge in [-0.25, -0.2) is 0 Å². The summed E-state index contributed by atoms with van der Waals surface area (Å²) in [5.41, 5.74) is 3.95. The van der Waals surface area contributed by atoms with E-state index in [1.54, 1.807) is 0 Å². The highest BCUT2D eigenvalue weighted by Crippen LogP contribution is 2.37. The second kappa shape index (κ2) is 12.4. The molecule has 4 rings (SSSR count). The summed E-state index contributed by atoms with van der Waals surface area (Å²) in [5.74, 6) is 0.746. The maximum atomic E-state index is 13.5. The van der Waals surface area contributed by atoms with E-state index in [2.05, 4.69) is 6.07 Å². The van der Waals surface area contributed by atoms with Gasteiger partial charge < -0.3 is 9.47 Å². The molecule has 0 spiro atoms. The average molecular weight is 466 g/mol. The number of ether oxygens (including phenoxy) is 2. The van der Waals surface area contributed by atoms with Crippen molar-refractivity contribution in [2.45, 2.75) is 31.5 Å². The number of nitrogens with zero attached hydrogens (tertiary/aromatic N) is 1. The van der Waals surface area contributed by atoms with E-state index in [4.69, 9.17) is 9.47 Å². The fourth-order valence-corrected chi connectivity index (χ4v) is 4.10. The Morgan fingerprint density at radius 3 is 1.51 bits per heavy atom. The van der Waals surface area contributed by atoms with Gasteiger partial charge in [0.15, 0.2) is 0 Å². The molecule has 0 aliphatic rings. The lowest BCUT2D eigenvalue weighted by molar-refractivity contribution is 0.306. The maximum Gasteiger partial charge on any atom is 0.119 e. The first-order valence-corrected chi connectivity index (χ1v) is 11.8. The Morgan fingerprint density at radius 1 is 0.629 bits per heavy atom. The van der Waals surface area contributed by atoms with Gasteiger partial charge in [0.1, 0.15) is 24.7 Å². The molecule has 4 aromatic carbocycles. The fourth-order valence-electron chi connectivity index (χ4n) is 4.10. The van der Waals surface area contributed by atoms with Crippen LogP contribution in [0.25, 0.3) is 0 Å². The molecule has 0 radical (unpaired) electrons. The van der Waals surface area contributed by atoms with Crippen LogP contribution in [0.1, 0.15) is 40.5 Å². The molecule has 0 aromatic heterocycles. The van der Waals surface area contributed by atoms with Crippen molar-refractivity contribution in [1.29, 1.82) is 5.26 Å². The molecule has 176 valence electrons. The minimum atomic E-state index is -0.493. The SMILES string of the molecule is N#C[C@H](c1ccc(OCc2ccccc2)cc1)[C@@H](CCF)c1ccc(OCc2ccccc2)cc1. The van der Waals surface area contributed by atoms with Crippen molar-refractivity contribution >= 4 is 0 Å². The first kappa shape index (κ1) is 24.0. The molecule has 4 aromatic rings. The molecule has 0 aliphatic carbocycles. The molecule has 0 saturated heterocycles. The minimum absolute atomic E-state index is 0.260. The zero-order valence-corrected chi connectivity index (χ0v) is 19.5. The van der Waals surface area contributed by atoms with Crippen molar-refractivity contribution < 1.29 is 13.9 Å². The van der Waals surface area contributed by atoms with Gasteiger partial charge in [-0.1, -0.05) is 84.9 Å². The van der Waals surface area contributed by atoms with Crippen molar-refractivity contribution in [2.24, 2.45) is 0 Å². The Balaban J connectivity index is 1.43. The molecule has 0 N–H and O–H groups in total. The van der Waals surface area contributed by atoms with Crippen LogP contribution in [-0.4, -0.2) is 6.67 Å². The number of nitriles is 1. The van der Waals surface area contributed by atoms with Gasteiger partial charge >= 0.3 is 0 Å². The lowest BCUT2D eigenvalue weighted by Gasteiger charge is -2.22.